The lowest BCUT2D eigenvalue weighted by Gasteiger charge is -2.20. The van der Waals surface area contributed by atoms with Gasteiger partial charge in [0.25, 0.3) is 23.6 Å². The normalized spacial score (nSPS) is 13.6. The van der Waals surface area contributed by atoms with Crippen molar-refractivity contribution in [1.29, 1.82) is 0 Å². The van der Waals surface area contributed by atoms with Crippen LogP contribution in [-0.2, 0) is 12.8 Å². The Balaban J connectivity index is 1.08. The van der Waals surface area contributed by atoms with Crippen molar-refractivity contribution in [2.75, 3.05) is 9.80 Å². The second-order valence-electron chi connectivity index (χ2n) is 13.5. The molecule has 0 saturated heterocycles. The van der Waals surface area contributed by atoms with E-state index in [4.69, 9.17) is 0 Å². The van der Waals surface area contributed by atoms with Crippen LogP contribution in [0.1, 0.15) is 77.5 Å². The van der Waals surface area contributed by atoms with Gasteiger partial charge in [-0.1, -0.05) is 97.8 Å². The van der Waals surface area contributed by atoms with Crippen LogP contribution in [0.5, 0.6) is 0 Å². The van der Waals surface area contributed by atoms with E-state index in [0.29, 0.717) is 46.5 Å². The summed E-state index contributed by atoms with van der Waals surface area (Å²) in [7, 11) is 0. The molecular formula is C46H36N2O4. The zero-order valence-electron chi connectivity index (χ0n) is 29.5. The number of anilines is 2. The van der Waals surface area contributed by atoms with Crippen LogP contribution in [0.25, 0.3) is 33.4 Å². The molecule has 6 aromatic carbocycles. The summed E-state index contributed by atoms with van der Waals surface area (Å²) in [6, 6.07) is 38.6. The number of hydrogen-bond acceptors (Lipinski definition) is 4. The molecule has 0 bridgehead atoms. The molecule has 6 heteroatoms. The number of fused-ring (bicyclic) bond motifs is 2. The van der Waals surface area contributed by atoms with E-state index in [1.165, 1.54) is 9.80 Å². The van der Waals surface area contributed by atoms with Crippen LogP contribution in [0, 0.1) is 13.8 Å². The molecular weight excluding hydrogens is 645 g/mol. The van der Waals surface area contributed by atoms with E-state index in [9.17, 15) is 19.2 Å². The highest BCUT2D eigenvalue weighted by molar-refractivity contribution is 6.36. The Bertz CT molecular complexity index is 2300. The fraction of sp³-hybridized carbons (Fsp3) is 0.130. The minimum atomic E-state index is -0.332. The Morgan fingerprint density at radius 2 is 0.673 bits per heavy atom. The monoisotopic (exact) mass is 680 g/mol. The second kappa shape index (κ2) is 12.7. The average molecular weight is 681 g/mol. The first-order valence-corrected chi connectivity index (χ1v) is 17.6. The number of carbonyl (C=O) groups excluding carboxylic acids is 4. The van der Waals surface area contributed by atoms with E-state index in [0.717, 1.165) is 55.6 Å². The predicted molar refractivity (Wildman–Crippen MR) is 206 cm³/mol. The number of amides is 4. The smallest absolute Gasteiger partial charge is 0.266 e. The standard InChI is InChI=1S/C46H36N2O4/c1-5-29-23-33(17-21-41(29)47-43(49)37-19-15-35(25-39(37)45(47)51)31-11-7-27(3)8-12-31)34-18-22-42(30(6-2)24-34)48-44(50)38-20-16-36(26-40(38)46(48)52)32-13-9-28(4)10-14-32/h7-26H,5-6H2,1-4H3. The first-order valence-electron chi connectivity index (χ1n) is 17.6. The number of aryl methyl sites for hydroxylation is 4. The Morgan fingerprint density at radius 3 is 1.04 bits per heavy atom. The van der Waals surface area contributed by atoms with Crippen molar-refractivity contribution in [1.82, 2.24) is 0 Å². The highest BCUT2D eigenvalue weighted by Crippen LogP contribution is 2.38. The number of imide groups is 2. The van der Waals surface area contributed by atoms with Crippen molar-refractivity contribution in [2.24, 2.45) is 0 Å². The third-order valence-corrected chi connectivity index (χ3v) is 10.3. The molecule has 0 spiro atoms. The van der Waals surface area contributed by atoms with Gasteiger partial charge in [-0.2, -0.15) is 0 Å². The summed E-state index contributed by atoms with van der Waals surface area (Å²) in [6.07, 6.45) is 1.20. The quantitative estimate of drug-likeness (QED) is 0.157. The summed E-state index contributed by atoms with van der Waals surface area (Å²) in [6.45, 7) is 8.06. The van der Waals surface area contributed by atoms with Crippen LogP contribution >= 0.6 is 0 Å². The Morgan fingerprint density at radius 1 is 0.365 bits per heavy atom. The Kier molecular flexibility index (Phi) is 8.03. The molecule has 0 radical (unpaired) electrons. The van der Waals surface area contributed by atoms with Gasteiger partial charge >= 0.3 is 0 Å². The molecule has 8 rings (SSSR count). The molecule has 0 fully saturated rings. The van der Waals surface area contributed by atoms with E-state index in [1.54, 1.807) is 12.1 Å². The molecule has 0 atom stereocenters. The van der Waals surface area contributed by atoms with Gasteiger partial charge in [0.05, 0.1) is 33.6 Å². The maximum absolute atomic E-state index is 13.8. The average Bonchev–Trinajstić information content (AvgIpc) is 3.57. The molecule has 0 aromatic heterocycles. The summed E-state index contributed by atoms with van der Waals surface area (Å²) >= 11 is 0. The topological polar surface area (TPSA) is 74.8 Å². The lowest BCUT2D eigenvalue weighted by Crippen LogP contribution is -2.30. The first-order chi connectivity index (χ1) is 25.2. The van der Waals surface area contributed by atoms with Crippen molar-refractivity contribution in [3.63, 3.8) is 0 Å². The lowest BCUT2D eigenvalue weighted by atomic mass is 9.97. The molecule has 6 nitrogen and oxygen atoms in total. The van der Waals surface area contributed by atoms with Crippen LogP contribution in [-0.4, -0.2) is 23.6 Å². The number of nitrogens with zero attached hydrogens (tertiary/aromatic N) is 2. The number of hydrogen-bond donors (Lipinski definition) is 0. The first kappa shape index (κ1) is 32.8. The van der Waals surface area contributed by atoms with E-state index in [2.05, 4.69) is 0 Å². The van der Waals surface area contributed by atoms with E-state index in [1.807, 2.05) is 137 Å². The lowest BCUT2D eigenvalue weighted by molar-refractivity contribution is 0.0910. The minimum Gasteiger partial charge on any atom is -0.268 e. The number of rotatable bonds is 7. The van der Waals surface area contributed by atoms with Crippen LogP contribution in [0.3, 0.4) is 0 Å². The fourth-order valence-corrected chi connectivity index (χ4v) is 7.30. The molecule has 2 heterocycles. The molecule has 0 aliphatic carbocycles. The summed E-state index contributed by atoms with van der Waals surface area (Å²) in [5.41, 5.74) is 12.3. The van der Waals surface area contributed by atoms with Crippen molar-refractivity contribution in [3.8, 4) is 33.4 Å². The van der Waals surface area contributed by atoms with Gasteiger partial charge in [-0.25, -0.2) is 9.80 Å². The van der Waals surface area contributed by atoms with Crippen molar-refractivity contribution < 1.29 is 19.2 Å². The number of benzene rings is 6. The number of carbonyl (C=O) groups is 4. The highest BCUT2D eigenvalue weighted by atomic mass is 16.2. The van der Waals surface area contributed by atoms with Crippen LogP contribution < -0.4 is 9.80 Å². The molecule has 2 aliphatic rings. The van der Waals surface area contributed by atoms with Gasteiger partial charge in [0.1, 0.15) is 0 Å². The van der Waals surface area contributed by atoms with Crippen LogP contribution in [0.15, 0.2) is 121 Å². The summed E-state index contributed by atoms with van der Waals surface area (Å²) < 4.78 is 0. The SMILES string of the molecule is CCc1cc(-c2ccc(N3C(=O)c4ccc(-c5ccc(C)cc5)cc4C3=O)c(CC)c2)ccc1N1C(=O)c2ccc(-c3ccc(C)cc3)cc2C1=O. The largest absolute Gasteiger partial charge is 0.268 e. The summed E-state index contributed by atoms with van der Waals surface area (Å²) in [5, 5.41) is 0. The van der Waals surface area contributed by atoms with E-state index in [-0.39, 0.29) is 23.6 Å². The highest BCUT2D eigenvalue weighted by Gasteiger charge is 2.39. The van der Waals surface area contributed by atoms with Gasteiger partial charge in [0, 0.05) is 0 Å². The van der Waals surface area contributed by atoms with Gasteiger partial charge < -0.3 is 0 Å². The van der Waals surface area contributed by atoms with Crippen LogP contribution in [0.4, 0.5) is 11.4 Å². The Labute approximate surface area is 303 Å². The molecule has 4 amide bonds. The maximum atomic E-state index is 13.8. The molecule has 6 aromatic rings. The van der Waals surface area contributed by atoms with Crippen molar-refractivity contribution in [2.45, 2.75) is 40.5 Å². The zero-order valence-corrected chi connectivity index (χ0v) is 29.5. The third-order valence-electron chi connectivity index (χ3n) is 10.3. The third kappa shape index (κ3) is 5.35. The van der Waals surface area contributed by atoms with Crippen molar-refractivity contribution in [3.05, 3.63) is 166 Å². The van der Waals surface area contributed by atoms with Gasteiger partial charge in [-0.15, -0.1) is 0 Å². The van der Waals surface area contributed by atoms with Crippen LogP contribution in [0.2, 0.25) is 0 Å². The second-order valence-corrected chi connectivity index (χ2v) is 13.5. The fourth-order valence-electron chi connectivity index (χ4n) is 7.30. The van der Waals surface area contributed by atoms with E-state index < -0.39 is 0 Å². The van der Waals surface area contributed by atoms with Gasteiger partial charge in [0.15, 0.2) is 0 Å². The van der Waals surface area contributed by atoms with Gasteiger partial charge in [-0.05, 0) is 120 Å². The van der Waals surface area contributed by atoms with Crippen molar-refractivity contribution >= 4 is 35.0 Å². The molecule has 0 unspecified atom stereocenters. The Hall–Kier alpha value is -6.40. The zero-order chi connectivity index (χ0) is 36.3. The molecule has 52 heavy (non-hydrogen) atoms. The summed E-state index contributed by atoms with van der Waals surface area (Å²) in [4.78, 5) is 57.5. The van der Waals surface area contributed by atoms with E-state index >= 15 is 0 Å². The predicted octanol–water partition coefficient (Wildman–Crippen LogP) is 10.0. The summed E-state index contributed by atoms with van der Waals surface area (Å²) in [5.74, 6) is -1.33. The molecule has 254 valence electrons. The molecule has 0 saturated carbocycles. The minimum absolute atomic E-state index is 0.331. The van der Waals surface area contributed by atoms with Gasteiger partial charge in [0.2, 0.25) is 0 Å². The molecule has 0 N–H and O–H groups in total. The maximum Gasteiger partial charge on any atom is 0.266 e. The molecule has 2 aliphatic heterocycles. The van der Waals surface area contributed by atoms with Gasteiger partial charge in [-0.3, -0.25) is 19.2 Å².